The van der Waals surface area contributed by atoms with E-state index in [9.17, 15) is 13.2 Å². The zero-order valence-electron chi connectivity index (χ0n) is 19.8. The van der Waals surface area contributed by atoms with Gasteiger partial charge in [-0.25, -0.2) is 4.98 Å². The standard InChI is InChI=1S/C27H20ClN5O3S2/c28-14-27-31-18(16-37-27)13-26(34)32-24-11-17(20-7-4-8-23-21(20)9-10-29-23)12-25-22(24)15-30-33(25)38(35,36)19-5-2-1-3-6-19/h1-12,15-16,29H,13-14H2,(H,32,34). The molecule has 8 nitrogen and oxygen atoms in total. The van der Waals surface area contributed by atoms with Crippen molar-refractivity contribution in [3.05, 3.63) is 95.2 Å². The molecule has 0 unspecified atom stereocenters. The Morgan fingerprint density at radius 3 is 2.68 bits per heavy atom. The van der Waals surface area contributed by atoms with Crippen molar-refractivity contribution >= 4 is 66.4 Å². The predicted octanol–water partition coefficient (Wildman–Crippen LogP) is 5.80. The number of hydrogen-bond acceptors (Lipinski definition) is 6. The third-order valence-corrected chi connectivity index (χ3v) is 9.08. The summed E-state index contributed by atoms with van der Waals surface area (Å²) in [5.41, 5.74) is 4.00. The fourth-order valence-electron chi connectivity index (χ4n) is 4.43. The Hall–Kier alpha value is -3.99. The Bertz CT molecular complexity index is 1910. The molecule has 2 N–H and O–H groups in total. The van der Waals surface area contributed by atoms with Gasteiger partial charge in [-0.15, -0.1) is 22.9 Å². The van der Waals surface area contributed by atoms with Crippen LogP contribution in [0.15, 0.2) is 89.4 Å². The Morgan fingerprint density at radius 1 is 1.05 bits per heavy atom. The van der Waals surface area contributed by atoms with Crippen LogP contribution in [0.5, 0.6) is 0 Å². The van der Waals surface area contributed by atoms with Gasteiger partial charge in [0, 0.05) is 27.9 Å². The number of fused-ring (bicyclic) bond motifs is 2. The van der Waals surface area contributed by atoms with Crippen LogP contribution in [0.2, 0.25) is 0 Å². The molecule has 3 aromatic heterocycles. The highest BCUT2D eigenvalue weighted by Crippen LogP contribution is 2.35. The Kier molecular flexibility index (Phi) is 6.22. The number of nitrogens with zero attached hydrogens (tertiary/aromatic N) is 3. The van der Waals surface area contributed by atoms with Crippen LogP contribution in [-0.2, 0) is 27.1 Å². The Balaban J connectivity index is 1.49. The summed E-state index contributed by atoms with van der Waals surface area (Å²) < 4.78 is 28.1. The smallest absolute Gasteiger partial charge is 0.283 e. The number of rotatable bonds is 7. The fraction of sp³-hybridized carbons (Fsp3) is 0.0741. The molecule has 11 heteroatoms. The second kappa shape index (κ2) is 9.71. The van der Waals surface area contributed by atoms with Crippen LogP contribution in [-0.4, -0.2) is 33.5 Å². The molecule has 0 aliphatic carbocycles. The maximum absolute atomic E-state index is 13.5. The van der Waals surface area contributed by atoms with Gasteiger partial charge < -0.3 is 10.3 Å². The number of thiazole rings is 1. The number of H-pyrrole nitrogens is 1. The molecule has 0 bridgehead atoms. The summed E-state index contributed by atoms with van der Waals surface area (Å²) >= 11 is 7.25. The lowest BCUT2D eigenvalue weighted by Crippen LogP contribution is -2.16. The summed E-state index contributed by atoms with van der Waals surface area (Å²) in [6.07, 6.45) is 3.37. The van der Waals surface area contributed by atoms with Gasteiger partial charge in [-0.3, -0.25) is 4.79 Å². The monoisotopic (exact) mass is 561 g/mol. The maximum Gasteiger partial charge on any atom is 0.283 e. The molecule has 0 atom stereocenters. The number of hydrogen-bond donors (Lipinski definition) is 2. The number of benzene rings is 3. The topological polar surface area (TPSA) is 110 Å². The van der Waals surface area contributed by atoms with Crippen molar-refractivity contribution in [2.45, 2.75) is 17.2 Å². The van der Waals surface area contributed by atoms with Gasteiger partial charge >= 0.3 is 0 Å². The number of alkyl halides is 1. The molecule has 0 radical (unpaired) electrons. The molecule has 38 heavy (non-hydrogen) atoms. The molecule has 190 valence electrons. The number of aromatic amines is 1. The number of nitrogens with one attached hydrogen (secondary N) is 2. The van der Waals surface area contributed by atoms with E-state index in [0.29, 0.717) is 22.3 Å². The average molecular weight is 562 g/mol. The minimum absolute atomic E-state index is 0.0585. The lowest BCUT2D eigenvalue weighted by atomic mass is 9.99. The maximum atomic E-state index is 13.5. The molecular weight excluding hydrogens is 542 g/mol. The summed E-state index contributed by atoms with van der Waals surface area (Å²) in [6, 6.07) is 19.6. The van der Waals surface area contributed by atoms with Crippen molar-refractivity contribution < 1.29 is 13.2 Å². The zero-order chi connectivity index (χ0) is 26.3. The van der Waals surface area contributed by atoms with Crippen LogP contribution in [0.3, 0.4) is 0 Å². The van der Waals surface area contributed by atoms with Crippen molar-refractivity contribution in [3.8, 4) is 11.1 Å². The van der Waals surface area contributed by atoms with E-state index in [0.717, 1.165) is 31.1 Å². The first-order chi connectivity index (χ1) is 18.4. The van der Waals surface area contributed by atoms with E-state index in [1.807, 2.05) is 36.5 Å². The second-order valence-electron chi connectivity index (χ2n) is 8.60. The molecule has 0 fully saturated rings. The van der Waals surface area contributed by atoms with E-state index in [-0.39, 0.29) is 23.1 Å². The number of carbonyl (C=O) groups excluding carboxylic acids is 1. The first-order valence-corrected chi connectivity index (χ1v) is 14.5. The minimum atomic E-state index is -3.98. The van der Waals surface area contributed by atoms with Crippen molar-refractivity contribution in [2.24, 2.45) is 0 Å². The van der Waals surface area contributed by atoms with Gasteiger partial charge in [0.2, 0.25) is 5.91 Å². The highest BCUT2D eigenvalue weighted by molar-refractivity contribution is 7.90. The van der Waals surface area contributed by atoms with Gasteiger partial charge in [0.1, 0.15) is 5.01 Å². The van der Waals surface area contributed by atoms with Gasteiger partial charge in [-0.05, 0) is 47.5 Å². The van der Waals surface area contributed by atoms with Crippen molar-refractivity contribution in [1.82, 2.24) is 19.2 Å². The third kappa shape index (κ3) is 4.36. The molecule has 0 saturated carbocycles. The highest BCUT2D eigenvalue weighted by Gasteiger charge is 2.23. The fourth-order valence-corrected chi connectivity index (χ4v) is 6.61. The molecule has 0 spiro atoms. The van der Waals surface area contributed by atoms with Crippen molar-refractivity contribution in [3.63, 3.8) is 0 Å². The van der Waals surface area contributed by atoms with Gasteiger partial charge in [-0.1, -0.05) is 30.3 Å². The normalized spacial score (nSPS) is 11.8. The highest BCUT2D eigenvalue weighted by atomic mass is 35.5. The summed E-state index contributed by atoms with van der Waals surface area (Å²) in [5, 5.41) is 11.2. The van der Waals surface area contributed by atoms with E-state index in [4.69, 9.17) is 11.6 Å². The molecule has 6 rings (SSSR count). The SMILES string of the molecule is O=C(Cc1csc(CCl)n1)Nc1cc(-c2cccc3[nH]ccc23)cc2c1cnn2S(=O)(=O)c1ccccc1. The first kappa shape index (κ1) is 24.4. The average Bonchev–Trinajstić information content (AvgIpc) is 3.68. The van der Waals surface area contributed by atoms with Crippen LogP contribution < -0.4 is 5.32 Å². The number of aromatic nitrogens is 4. The molecule has 3 heterocycles. The molecule has 1 amide bonds. The van der Waals surface area contributed by atoms with E-state index in [1.54, 1.807) is 29.6 Å². The summed E-state index contributed by atoms with van der Waals surface area (Å²) in [7, 11) is -3.98. The second-order valence-corrected chi connectivity index (χ2v) is 11.6. The largest absolute Gasteiger partial charge is 0.361 e. The molecule has 0 aliphatic heterocycles. The van der Waals surface area contributed by atoms with Crippen LogP contribution in [0.25, 0.3) is 32.9 Å². The van der Waals surface area contributed by atoms with E-state index < -0.39 is 10.0 Å². The molecule has 0 aliphatic rings. The first-order valence-electron chi connectivity index (χ1n) is 11.6. The third-order valence-electron chi connectivity index (χ3n) is 6.16. The predicted molar refractivity (Wildman–Crippen MR) is 150 cm³/mol. The van der Waals surface area contributed by atoms with E-state index in [1.165, 1.54) is 29.7 Å². The molecule has 3 aromatic carbocycles. The Morgan fingerprint density at radius 2 is 1.89 bits per heavy atom. The quantitative estimate of drug-likeness (QED) is 0.239. The van der Waals surface area contributed by atoms with Crippen molar-refractivity contribution in [1.29, 1.82) is 0 Å². The van der Waals surface area contributed by atoms with Crippen molar-refractivity contribution in [2.75, 3.05) is 5.32 Å². The summed E-state index contributed by atoms with van der Waals surface area (Å²) in [6.45, 7) is 0. The van der Waals surface area contributed by atoms with Gasteiger partial charge in [0.05, 0.1) is 40.3 Å². The number of amides is 1. The van der Waals surface area contributed by atoms with Gasteiger partial charge in [0.25, 0.3) is 10.0 Å². The van der Waals surface area contributed by atoms with E-state index >= 15 is 0 Å². The lowest BCUT2D eigenvalue weighted by molar-refractivity contribution is -0.115. The Labute approximate surface area is 227 Å². The molecule has 0 saturated heterocycles. The van der Waals surface area contributed by atoms with Crippen LogP contribution >= 0.6 is 22.9 Å². The zero-order valence-corrected chi connectivity index (χ0v) is 22.1. The van der Waals surface area contributed by atoms with E-state index in [2.05, 4.69) is 20.4 Å². The van der Waals surface area contributed by atoms with Crippen LogP contribution in [0.4, 0.5) is 5.69 Å². The van der Waals surface area contributed by atoms with Crippen LogP contribution in [0, 0.1) is 0 Å². The lowest BCUT2D eigenvalue weighted by Gasteiger charge is -2.12. The number of carbonyl (C=O) groups is 1. The number of halogens is 1. The number of anilines is 1. The van der Waals surface area contributed by atoms with Gasteiger partial charge in [0.15, 0.2) is 0 Å². The van der Waals surface area contributed by atoms with Gasteiger partial charge in [-0.2, -0.15) is 17.6 Å². The molecule has 6 aromatic rings. The molecular formula is C27H20ClN5O3S2. The summed E-state index contributed by atoms with van der Waals surface area (Å²) in [5.74, 6) is 0.00254. The minimum Gasteiger partial charge on any atom is -0.361 e. The van der Waals surface area contributed by atoms with Crippen LogP contribution in [0.1, 0.15) is 10.7 Å². The summed E-state index contributed by atoms with van der Waals surface area (Å²) in [4.78, 5) is 20.7.